The number of fused-ring (bicyclic) bond motifs is 2. The van der Waals surface area contributed by atoms with Gasteiger partial charge in [0.1, 0.15) is 11.1 Å². The number of rotatable bonds is 7. The van der Waals surface area contributed by atoms with E-state index in [1.54, 1.807) is 60.7 Å². The Labute approximate surface area is 238 Å². The van der Waals surface area contributed by atoms with E-state index in [-0.39, 0.29) is 24.0 Å². The molecule has 9 nitrogen and oxygen atoms in total. The number of hydrogen-bond acceptors (Lipinski definition) is 8. The molecule has 0 spiro atoms. The Bertz CT molecular complexity index is 1870. The second-order valence-electron chi connectivity index (χ2n) is 9.02. The molecule has 0 radical (unpaired) electrons. The molecule has 0 aliphatic carbocycles. The Balaban J connectivity index is 1.14. The van der Waals surface area contributed by atoms with Gasteiger partial charge >= 0.3 is 5.97 Å². The molecule has 2 aromatic heterocycles. The number of benzene rings is 3. The van der Waals surface area contributed by atoms with Gasteiger partial charge in [-0.2, -0.15) is 5.26 Å². The second-order valence-corrected chi connectivity index (χ2v) is 9.98. The summed E-state index contributed by atoms with van der Waals surface area (Å²) in [5.41, 5.74) is 4.40. The minimum atomic E-state index is -1.03. The van der Waals surface area contributed by atoms with E-state index >= 15 is 0 Å². The van der Waals surface area contributed by atoms with Crippen molar-refractivity contribution < 1.29 is 24.2 Å². The van der Waals surface area contributed by atoms with E-state index in [0.717, 1.165) is 5.56 Å². The molecule has 0 atom stereocenters. The summed E-state index contributed by atoms with van der Waals surface area (Å²) in [6.45, 7) is 0.171. The molecule has 1 aliphatic heterocycles. The fraction of sp³-hybridized carbons (Fsp3) is 0.0645. The number of para-hydroxylation sites is 1. The van der Waals surface area contributed by atoms with Gasteiger partial charge in [0.05, 0.1) is 33.8 Å². The maximum atomic E-state index is 12.7. The number of thioether (sulfide) groups is 1. The van der Waals surface area contributed by atoms with Crippen LogP contribution in [0, 0.1) is 11.3 Å². The molecule has 0 saturated carbocycles. The number of carboxylic acid groups (broad SMARTS) is 1. The van der Waals surface area contributed by atoms with Crippen LogP contribution < -0.4 is 14.8 Å². The van der Waals surface area contributed by atoms with Crippen molar-refractivity contribution in [1.29, 1.82) is 5.26 Å². The first-order valence-electron chi connectivity index (χ1n) is 12.5. The van der Waals surface area contributed by atoms with Gasteiger partial charge in [0.2, 0.25) is 12.7 Å². The van der Waals surface area contributed by atoms with E-state index in [4.69, 9.17) is 9.47 Å². The van der Waals surface area contributed by atoms with Crippen LogP contribution in [0.1, 0.15) is 15.9 Å². The lowest BCUT2D eigenvalue weighted by Crippen LogP contribution is -2.14. The number of aromatic nitrogens is 2. The summed E-state index contributed by atoms with van der Waals surface area (Å²) in [6, 6.07) is 26.7. The summed E-state index contributed by atoms with van der Waals surface area (Å²) < 4.78 is 10.8. The van der Waals surface area contributed by atoms with Gasteiger partial charge in [0, 0.05) is 22.2 Å². The molecular formula is C31H20N4O5S. The molecule has 6 rings (SSSR count). The van der Waals surface area contributed by atoms with Gasteiger partial charge in [-0.3, -0.25) is 4.79 Å². The molecule has 200 valence electrons. The third-order valence-corrected chi connectivity index (χ3v) is 7.39. The number of nitriles is 1. The predicted octanol–water partition coefficient (Wildman–Crippen LogP) is 5.99. The van der Waals surface area contributed by atoms with Crippen LogP contribution in [-0.4, -0.2) is 39.5 Å². The lowest BCUT2D eigenvalue weighted by atomic mass is 10.0. The Kier molecular flexibility index (Phi) is 6.93. The Morgan fingerprint density at radius 1 is 0.902 bits per heavy atom. The molecule has 3 aromatic carbocycles. The van der Waals surface area contributed by atoms with Crippen LogP contribution in [0.15, 0.2) is 90.0 Å². The predicted molar refractivity (Wildman–Crippen MR) is 154 cm³/mol. The minimum Gasteiger partial charge on any atom is -0.478 e. The first kappa shape index (κ1) is 25.9. The SMILES string of the molecule is N#Cc1ccc(-c2ccc3c(c2)OCO3)nc1SCC(=O)Nc1ccc(-c2cc(C(=O)O)c3ccccc3n2)cc1. The summed E-state index contributed by atoms with van der Waals surface area (Å²) in [6.07, 6.45) is 0. The zero-order valence-electron chi connectivity index (χ0n) is 21.3. The lowest BCUT2D eigenvalue weighted by Gasteiger charge is -2.10. The van der Waals surface area contributed by atoms with Crippen molar-refractivity contribution in [1.82, 2.24) is 9.97 Å². The van der Waals surface area contributed by atoms with Gasteiger partial charge in [-0.15, -0.1) is 0 Å². The Morgan fingerprint density at radius 2 is 1.68 bits per heavy atom. The average molecular weight is 561 g/mol. The molecular weight excluding hydrogens is 540 g/mol. The first-order chi connectivity index (χ1) is 20.0. The molecule has 1 aliphatic rings. The quantitative estimate of drug-likeness (QED) is 0.230. The van der Waals surface area contributed by atoms with Crippen LogP contribution in [0.5, 0.6) is 11.5 Å². The standard InChI is InChI=1S/C31H20N4O5S/c32-15-20-7-11-24(19-8-12-27-28(13-19)40-17-39-27)35-30(20)41-16-29(36)33-21-9-5-18(6-10-21)26-14-23(31(37)38)22-3-1-2-4-25(22)34-26/h1-14H,16-17H2,(H,33,36)(H,37,38). The number of ether oxygens (including phenoxy) is 2. The van der Waals surface area contributed by atoms with Crippen molar-refractivity contribution in [3.8, 4) is 40.1 Å². The van der Waals surface area contributed by atoms with Crippen molar-refractivity contribution >= 4 is 40.2 Å². The van der Waals surface area contributed by atoms with Gasteiger partial charge in [-0.1, -0.05) is 42.1 Å². The van der Waals surface area contributed by atoms with Crippen LogP contribution in [0.3, 0.4) is 0 Å². The smallest absolute Gasteiger partial charge is 0.336 e. The molecule has 0 saturated heterocycles. The van der Waals surface area contributed by atoms with E-state index in [2.05, 4.69) is 21.4 Å². The zero-order chi connectivity index (χ0) is 28.3. The fourth-order valence-electron chi connectivity index (χ4n) is 4.41. The lowest BCUT2D eigenvalue weighted by molar-refractivity contribution is -0.113. The first-order valence-corrected chi connectivity index (χ1v) is 13.4. The monoisotopic (exact) mass is 560 g/mol. The number of carbonyl (C=O) groups is 2. The van der Waals surface area contributed by atoms with Gasteiger partial charge < -0.3 is 19.9 Å². The number of amides is 1. The van der Waals surface area contributed by atoms with E-state index in [1.165, 1.54) is 11.8 Å². The normalized spacial score (nSPS) is 11.7. The maximum absolute atomic E-state index is 12.7. The average Bonchev–Trinajstić information content (AvgIpc) is 3.48. The molecule has 0 unspecified atom stereocenters. The molecule has 3 heterocycles. The van der Waals surface area contributed by atoms with Gasteiger partial charge in [0.15, 0.2) is 11.5 Å². The van der Waals surface area contributed by atoms with Gasteiger partial charge in [-0.25, -0.2) is 14.8 Å². The maximum Gasteiger partial charge on any atom is 0.336 e. The number of aromatic carboxylic acids is 1. The molecule has 1 amide bonds. The summed E-state index contributed by atoms with van der Waals surface area (Å²) in [4.78, 5) is 33.8. The van der Waals surface area contributed by atoms with Crippen LogP contribution >= 0.6 is 11.8 Å². The number of nitrogens with one attached hydrogen (secondary N) is 1. The van der Waals surface area contributed by atoms with Crippen LogP contribution in [0.4, 0.5) is 5.69 Å². The Hall–Kier alpha value is -5.40. The van der Waals surface area contributed by atoms with Crippen LogP contribution in [0.2, 0.25) is 0 Å². The number of hydrogen-bond donors (Lipinski definition) is 2. The summed E-state index contributed by atoms with van der Waals surface area (Å²) in [5.74, 6) is 0.0511. The van der Waals surface area contributed by atoms with Gasteiger partial charge in [0.25, 0.3) is 0 Å². The van der Waals surface area contributed by atoms with Crippen molar-refractivity contribution in [2.45, 2.75) is 5.03 Å². The second kappa shape index (κ2) is 11.0. The fourth-order valence-corrected chi connectivity index (χ4v) is 5.18. The van der Waals surface area contributed by atoms with E-state index in [9.17, 15) is 20.0 Å². The molecule has 2 N–H and O–H groups in total. The van der Waals surface area contributed by atoms with Crippen molar-refractivity contribution in [2.24, 2.45) is 0 Å². The van der Waals surface area contributed by atoms with Crippen molar-refractivity contribution in [3.05, 3.63) is 96.1 Å². The van der Waals surface area contributed by atoms with Crippen LogP contribution in [0.25, 0.3) is 33.4 Å². The topological polar surface area (TPSA) is 134 Å². The van der Waals surface area contributed by atoms with Crippen molar-refractivity contribution in [3.63, 3.8) is 0 Å². The van der Waals surface area contributed by atoms with Crippen LogP contribution in [-0.2, 0) is 4.79 Å². The molecule has 0 bridgehead atoms. The summed E-state index contributed by atoms with van der Waals surface area (Å²) >= 11 is 1.17. The van der Waals surface area contributed by atoms with E-state index in [1.807, 2.05) is 24.3 Å². The molecule has 41 heavy (non-hydrogen) atoms. The number of pyridine rings is 2. The summed E-state index contributed by atoms with van der Waals surface area (Å²) in [7, 11) is 0. The number of carbonyl (C=O) groups excluding carboxylic acids is 1. The number of anilines is 1. The molecule has 10 heteroatoms. The zero-order valence-corrected chi connectivity index (χ0v) is 22.1. The molecule has 0 fully saturated rings. The highest BCUT2D eigenvalue weighted by molar-refractivity contribution is 8.00. The number of carboxylic acids is 1. The third-order valence-electron chi connectivity index (χ3n) is 6.40. The summed E-state index contributed by atoms with van der Waals surface area (Å²) in [5, 5.41) is 23.1. The van der Waals surface area contributed by atoms with Gasteiger partial charge in [-0.05, 0) is 54.6 Å². The van der Waals surface area contributed by atoms with E-state index < -0.39 is 5.97 Å². The third kappa shape index (κ3) is 5.39. The number of nitrogens with zero attached hydrogens (tertiary/aromatic N) is 3. The minimum absolute atomic E-state index is 0.0439. The van der Waals surface area contributed by atoms with E-state index in [0.29, 0.717) is 55.6 Å². The highest BCUT2D eigenvalue weighted by Gasteiger charge is 2.17. The molecule has 5 aromatic rings. The van der Waals surface area contributed by atoms with Crippen molar-refractivity contribution in [2.75, 3.05) is 17.9 Å². The Morgan fingerprint density at radius 3 is 2.49 bits per heavy atom. The highest BCUT2D eigenvalue weighted by Crippen LogP contribution is 2.36. The highest BCUT2D eigenvalue weighted by atomic mass is 32.2. The largest absolute Gasteiger partial charge is 0.478 e.